The van der Waals surface area contributed by atoms with Crippen molar-refractivity contribution in [2.24, 2.45) is 5.73 Å². The molecule has 0 aliphatic heterocycles. The van der Waals surface area contributed by atoms with E-state index in [1.54, 1.807) is 14.2 Å². The number of hydrogen-bond acceptors (Lipinski definition) is 4. The average Bonchev–Trinajstić information content (AvgIpc) is 2.34. The van der Waals surface area contributed by atoms with Crippen molar-refractivity contribution in [2.75, 3.05) is 27.4 Å². The van der Waals surface area contributed by atoms with E-state index in [1.807, 2.05) is 25.1 Å². The Bertz CT molecular complexity index is 328. The zero-order valence-corrected chi connectivity index (χ0v) is 10.0. The molecule has 0 amide bonds. The van der Waals surface area contributed by atoms with E-state index in [9.17, 15) is 0 Å². The molecule has 1 atom stereocenters. The van der Waals surface area contributed by atoms with E-state index < -0.39 is 0 Å². The summed E-state index contributed by atoms with van der Waals surface area (Å²) in [4.78, 5) is 0. The van der Waals surface area contributed by atoms with Crippen LogP contribution in [0.15, 0.2) is 18.2 Å². The summed E-state index contributed by atoms with van der Waals surface area (Å²) < 4.78 is 16.0. The van der Waals surface area contributed by atoms with Crippen molar-refractivity contribution in [3.8, 4) is 11.5 Å². The van der Waals surface area contributed by atoms with Gasteiger partial charge in [-0.3, -0.25) is 0 Å². The molecule has 0 heterocycles. The Kier molecular flexibility index (Phi) is 5.08. The van der Waals surface area contributed by atoms with Crippen LogP contribution in [0.3, 0.4) is 0 Å². The third kappa shape index (κ3) is 3.12. The molecule has 0 spiro atoms. The number of benzene rings is 1. The standard InChI is InChI=1S/C12H19NO3/c1-9(16-7-6-13)11-5-4-10(14-2)8-12(11)15-3/h4-5,8-9H,6-7,13H2,1-3H3. The van der Waals surface area contributed by atoms with Crippen molar-refractivity contribution >= 4 is 0 Å². The van der Waals surface area contributed by atoms with Crippen LogP contribution in [0.1, 0.15) is 18.6 Å². The lowest BCUT2D eigenvalue weighted by Gasteiger charge is -2.16. The van der Waals surface area contributed by atoms with Crippen LogP contribution in [0, 0.1) is 0 Å². The topological polar surface area (TPSA) is 53.7 Å². The predicted molar refractivity (Wildman–Crippen MR) is 63.0 cm³/mol. The van der Waals surface area contributed by atoms with Crippen molar-refractivity contribution in [1.82, 2.24) is 0 Å². The first-order chi connectivity index (χ1) is 7.72. The van der Waals surface area contributed by atoms with Crippen molar-refractivity contribution in [3.63, 3.8) is 0 Å². The Morgan fingerprint density at radius 1 is 1.25 bits per heavy atom. The Balaban J connectivity index is 2.85. The van der Waals surface area contributed by atoms with E-state index in [0.717, 1.165) is 17.1 Å². The van der Waals surface area contributed by atoms with E-state index in [2.05, 4.69) is 0 Å². The maximum Gasteiger partial charge on any atom is 0.128 e. The molecule has 4 heteroatoms. The molecule has 4 nitrogen and oxygen atoms in total. The predicted octanol–water partition coefficient (Wildman–Crippen LogP) is 1.74. The van der Waals surface area contributed by atoms with Gasteiger partial charge in [-0.2, -0.15) is 0 Å². The van der Waals surface area contributed by atoms with Crippen LogP contribution >= 0.6 is 0 Å². The smallest absolute Gasteiger partial charge is 0.128 e. The minimum Gasteiger partial charge on any atom is -0.497 e. The quantitative estimate of drug-likeness (QED) is 0.801. The van der Waals surface area contributed by atoms with Crippen molar-refractivity contribution in [3.05, 3.63) is 23.8 Å². The Labute approximate surface area is 96.3 Å². The van der Waals surface area contributed by atoms with E-state index in [-0.39, 0.29) is 6.10 Å². The monoisotopic (exact) mass is 225 g/mol. The zero-order chi connectivity index (χ0) is 12.0. The fraction of sp³-hybridized carbons (Fsp3) is 0.500. The van der Waals surface area contributed by atoms with Gasteiger partial charge in [-0.15, -0.1) is 0 Å². The summed E-state index contributed by atoms with van der Waals surface area (Å²) in [5.41, 5.74) is 6.39. The number of nitrogens with two attached hydrogens (primary N) is 1. The molecular formula is C12H19NO3. The maximum absolute atomic E-state index is 5.55. The molecule has 0 bridgehead atoms. The van der Waals surface area contributed by atoms with E-state index >= 15 is 0 Å². The average molecular weight is 225 g/mol. The van der Waals surface area contributed by atoms with Crippen LogP contribution in [0.4, 0.5) is 0 Å². The highest BCUT2D eigenvalue weighted by atomic mass is 16.5. The summed E-state index contributed by atoms with van der Waals surface area (Å²) in [5, 5.41) is 0. The molecule has 0 saturated heterocycles. The largest absolute Gasteiger partial charge is 0.497 e. The van der Waals surface area contributed by atoms with Crippen LogP contribution in [-0.4, -0.2) is 27.4 Å². The molecule has 0 radical (unpaired) electrons. The molecular weight excluding hydrogens is 206 g/mol. The van der Waals surface area contributed by atoms with Crippen molar-refractivity contribution in [1.29, 1.82) is 0 Å². The molecule has 0 fully saturated rings. The van der Waals surface area contributed by atoms with Crippen LogP contribution in [0.5, 0.6) is 11.5 Å². The Morgan fingerprint density at radius 2 is 2.00 bits per heavy atom. The van der Waals surface area contributed by atoms with Crippen LogP contribution in [0.2, 0.25) is 0 Å². The van der Waals surface area contributed by atoms with Gasteiger partial charge in [0, 0.05) is 18.2 Å². The van der Waals surface area contributed by atoms with Gasteiger partial charge in [-0.25, -0.2) is 0 Å². The summed E-state index contributed by atoms with van der Waals surface area (Å²) >= 11 is 0. The summed E-state index contributed by atoms with van der Waals surface area (Å²) in [6.07, 6.45) is -0.0376. The SMILES string of the molecule is COc1ccc(C(C)OCCN)c(OC)c1. The second-order valence-electron chi connectivity index (χ2n) is 3.41. The fourth-order valence-corrected chi connectivity index (χ4v) is 1.49. The normalized spacial score (nSPS) is 12.2. The molecule has 0 aliphatic carbocycles. The first-order valence-corrected chi connectivity index (χ1v) is 5.26. The zero-order valence-electron chi connectivity index (χ0n) is 10.0. The highest BCUT2D eigenvalue weighted by Crippen LogP contribution is 2.30. The minimum atomic E-state index is -0.0376. The van der Waals surface area contributed by atoms with E-state index in [0.29, 0.717) is 13.2 Å². The van der Waals surface area contributed by atoms with Gasteiger partial charge in [0.2, 0.25) is 0 Å². The number of methoxy groups -OCH3 is 2. The molecule has 2 N–H and O–H groups in total. The van der Waals surface area contributed by atoms with Crippen LogP contribution in [-0.2, 0) is 4.74 Å². The van der Waals surface area contributed by atoms with Gasteiger partial charge in [-0.1, -0.05) is 0 Å². The van der Waals surface area contributed by atoms with E-state index in [1.165, 1.54) is 0 Å². The molecule has 1 aromatic carbocycles. The molecule has 0 aromatic heterocycles. The fourth-order valence-electron chi connectivity index (χ4n) is 1.49. The third-order valence-electron chi connectivity index (χ3n) is 2.36. The molecule has 1 rings (SSSR count). The van der Waals surface area contributed by atoms with Gasteiger partial charge in [0.05, 0.1) is 26.9 Å². The summed E-state index contributed by atoms with van der Waals surface area (Å²) in [5.74, 6) is 1.54. The van der Waals surface area contributed by atoms with Crippen LogP contribution in [0.25, 0.3) is 0 Å². The maximum atomic E-state index is 5.55. The number of ether oxygens (including phenoxy) is 3. The molecule has 90 valence electrons. The third-order valence-corrected chi connectivity index (χ3v) is 2.36. The Morgan fingerprint density at radius 3 is 2.56 bits per heavy atom. The summed E-state index contributed by atoms with van der Waals surface area (Å²) in [7, 11) is 3.26. The molecule has 1 unspecified atom stereocenters. The first kappa shape index (κ1) is 12.8. The molecule has 16 heavy (non-hydrogen) atoms. The Hall–Kier alpha value is -1.26. The lowest BCUT2D eigenvalue weighted by molar-refractivity contribution is 0.0699. The number of hydrogen-bond donors (Lipinski definition) is 1. The molecule has 1 aromatic rings. The van der Waals surface area contributed by atoms with Gasteiger partial charge < -0.3 is 19.9 Å². The molecule has 0 aliphatic rings. The summed E-state index contributed by atoms with van der Waals surface area (Å²) in [6, 6.07) is 5.68. The second kappa shape index (κ2) is 6.35. The minimum absolute atomic E-state index is 0.0376. The second-order valence-corrected chi connectivity index (χ2v) is 3.41. The van der Waals surface area contributed by atoms with Gasteiger partial charge in [-0.05, 0) is 19.1 Å². The van der Waals surface area contributed by atoms with Gasteiger partial charge >= 0.3 is 0 Å². The van der Waals surface area contributed by atoms with Gasteiger partial charge in [0.25, 0.3) is 0 Å². The highest BCUT2D eigenvalue weighted by Gasteiger charge is 2.12. The first-order valence-electron chi connectivity index (χ1n) is 5.26. The lowest BCUT2D eigenvalue weighted by atomic mass is 10.1. The lowest BCUT2D eigenvalue weighted by Crippen LogP contribution is -2.11. The summed E-state index contributed by atoms with van der Waals surface area (Å²) in [6.45, 7) is 3.03. The van der Waals surface area contributed by atoms with Gasteiger partial charge in [0.1, 0.15) is 11.5 Å². The van der Waals surface area contributed by atoms with E-state index in [4.69, 9.17) is 19.9 Å². The highest BCUT2D eigenvalue weighted by molar-refractivity contribution is 5.41. The van der Waals surface area contributed by atoms with Crippen LogP contribution < -0.4 is 15.2 Å². The van der Waals surface area contributed by atoms with Gasteiger partial charge in [0.15, 0.2) is 0 Å². The van der Waals surface area contributed by atoms with Crippen molar-refractivity contribution < 1.29 is 14.2 Å². The molecule has 0 saturated carbocycles. The van der Waals surface area contributed by atoms with Crippen molar-refractivity contribution in [2.45, 2.75) is 13.0 Å². The number of rotatable bonds is 6.